The normalized spacial score (nSPS) is 15.7. The minimum Gasteiger partial charge on any atom is -0.477 e. The maximum absolute atomic E-state index is 6.15. The molecule has 0 amide bonds. The van der Waals surface area contributed by atoms with E-state index in [1.165, 1.54) is 0 Å². The predicted octanol–water partition coefficient (Wildman–Crippen LogP) is 3.11. The van der Waals surface area contributed by atoms with Gasteiger partial charge in [0.05, 0.1) is 24.4 Å². The standard InChI is InChI=1S/C22H22N10O/c1-13-6-9-33-22-15(12-25-31(22)3)21-23-7-4-18(27-21)26-19-10-17-14(11-24-19)20(29-32(13)17)16-5-8-30(2)28-16/h4-5,7-8,10-13H,6,9H2,1-3H3,(H,23,24,26,27). The second kappa shape index (κ2) is 7.40. The Morgan fingerprint density at radius 2 is 2.00 bits per heavy atom. The van der Waals surface area contributed by atoms with Crippen LogP contribution in [0.5, 0.6) is 5.88 Å². The molecule has 11 nitrogen and oxygen atoms in total. The Morgan fingerprint density at radius 3 is 2.85 bits per heavy atom. The molecule has 6 rings (SSSR count). The molecule has 0 radical (unpaired) electrons. The van der Waals surface area contributed by atoms with Crippen molar-refractivity contribution in [2.75, 3.05) is 11.9 Å². The molecule has 0 fully saturated rings. The zero-order valence-corrected chi connectivity index (χ0v) is 18.5. The molecule has 4 bridgehead atoms. The van der Waals surface area contributed by atoms with Crippen molar-refractivity contribution in [2.45, 2.75) is 19.4 Å². The first-order chi connectivity index (χ1) is 16.1. The summed E-state index contributed by atoms with van der Waals surface area (Å²) in [5.74, 6) is 2.47. The third-order valence-corrected chi connectivity index (χ3v) is 5.78. The van der Waals surface area contributed by atoms with Crippen LogP contribution in [0.2, 0.25) is 0 Å². The number of aromatic nitrogens is 9. The lowest BCUT2D eigenvalue weighted by Crippen LogP contribution is -2.13. The molecule has 0 saturated carbocycles. The van der Waals surface area contributed by atoms with Crippen LogP contribution in [0, 0.1) is 0 Å². The fraction of sp³-hybridized carbons (Fsp3) is 0.273. The zero-order chi connectivity index (χ0) is 22.5. The average Bonchev–Trinajstić information content (AvgIpc) is 3.50. The molecular formula is C22H22N10O. The lowest BCUT2D eigenvalue weighted by molar-refractivity contribution is 0.260. The van der Waals surface area contributed by atoms with Gasteiger partial charge in [-0.1, -0.05) is 0 Å². The molecule has 0 aliphatic carbocycles. The summed E-state index contributed by atoms with van der Waals surface area (Å²) in [6.45, 7) is 2.62. The fourth-order valence-electron chi connectivity index (χ4n) is 4.06. The van der Waals surface area contributed by atoms with Crippen LogP contribution in [0.15, 0.2) is 43.0 Å². The number of hydrogen-bond donors (Lipinski definition) is 1. The van der Waals surface area contributed by atoms with E-state index in [1.807, 2.05) is 43.3 Å². The van der Waals surface area contributed by atoms with E-state index < -0.39 is 0 Å². The van der Waals surface area contributed by atoms with E-state index in [2.05, 4.69) is 37.4 Å². The summed E-state index contributed by atoms with van der Waals surface area (Å²) >= 11 is 0. The largest absolute Gasteiger partial charge is 0.477 e. The van der Waals surface area contributed by atoms with Crippen molar-refractivity contribution in [1.29, 1.82) is 0 Å². The molecule has 1 atom stereocenters. The molecule has 5 aromatic heterocycles. The second-order valence-corrected chi connectivity index (χ2v) is 8.12. The first kappa shape index (κ1) is 19.4. The van der Waals surface area contributed by atoms with Gasteiger partial charge >= 0.3 is 0 Å². The van der Waals surface area contributed by atoms with Gasteiger partial charge in [0.1, 0.15) is 28.6 Å². The van der Waals surface area contributed by atoms with Crippen molar-refractivity contribution in [3.05, 3.63) is 43.0 Å². The molecule has 33 heavy (non-hydrogen) atoms. The van der Waals surface area contributed by atoms with Crippen LogP contribution in [0.3, 0.4) is 0 Å². The Morgan fingerprint density at radius 1 is 1.09 bits per heavy atom. The van der Waals surface area contributed by atoms with E-state index in [9.17, 15) is 0 Å². The van der Waals surface area contributed by atoms with Crippen molar-refractivity contribution in [1.82, 2.24) is 44.3 Å². The molecule has 166 valence electrons. The van der Waals surface area contributed by atoms with Crippen LogP contribution < -0.4 is 10.1 Å². The average molecular weight is 442 g/mol. The number of anilines is 2. The maximum Gasteiger partial charge on any atom is 0.222 e. The van der Waals surface area contributed by atoms with Gasteiger partial charge in [0.2, 0.25) is 5.88 Å². The van der Waals surface area contributed by atoms with E-state index in [4.69, 9.17) is 9.84 Å². The van der Waals surface area contributed by atoms with Crippen LogP contribution in [0.4, 0.5) is 11.6 Å². The minimum absolute atomic E-state index is 0.0777. The van der Waals surface area contributed by atoms with E-state index in [-0.39, 0.29) is 6.04 Å². The topological polar surface area (TPSA) is 113 Å². The Hall–Kier alpha value is -4.28. The van der Waals surface area contributed by atoms with Gasteiger partial charge in [-0.2, -0.15) is 15.3 Å². The first-order valence-electron chi connectivity index (χ1n) is 10.7. The van der Waals surface area contributed by atoms with Gasteiger partial charge in [0.25, 0.3) is 0 Å². The fourth-order valence-corrected chi connectivity index (χ4v) is 4.06. The molecule has 6 heterocycles. The summed E-state index contributed by atoms with van der Waals surface area (Å²) in [4.78, 5) is 13.7. The van der Waals surface area contributed by atoms with Crippen LogP contribution in [0.25, 0.3) is 33.7 Å². The van der Waals surface area contributed by atoms with Crippen molar-refractivity contribution in [3.63, 3.8) is 0 Å². The van der Waals surface area contributed by atoms with Gasteiger partial charge in [-0.05, 0) is 19.1 Å². The van der Waals surface area contributed by atoms with E-state index in [1.54, 1.807) is 27.8 Å². The first-order valence-corrected chi connectivity index (χ1v) is 10.7. The van der Waals surface area contributed by atoms with Crippen molar-refractivity contribution >= 4 is 22.5 Å². The zero-order valence-electron chi connectivity index (χ0n) is 18.5. The second-order valence-electron chi connectivity index (χ2n) is 8.12. The highest BCUT2D eigenvalue weighted by Gasteiger charge is 2.21. The van der Waals surface area contributed by atoms with Crippen LogP contribution in [-0.4, -0.2) is 50.9 Å². The molecule has 0 saturated heterocycles. The molecule has 0 spiro atoms. The Kier molecular flexibility index (Phi) is 4.35. The number of pyridine rings is 1. The highest BCUT2D eigenvalue weighted by Crippen LogP contribution is 2.33. The quantitative estimate of drug-likeness (QED) is 0.421. The summed E-state index contributed by atoms with van der Waals surface area (Å²) in [7, 11) is 3.74. The molecule has 5 aromatic rings. The molecule has 1 aliphatic heterocycles. The summed E-state index contributed by atoms with van der Waals surface area (Å²) in [5.41, 5.74) is 3.32. The van der Waals surface area contributed by atoms with Gasteiger partial charge < -0.3 is 10.1 Å². The monoisotopic (exact) mass is 442 g/mol. The van der Waals surface area contributed by atoms with E-state index in [0.29, 0.717) is 29.9 Å². The van der Waals surface area contributed by atoms with Crippen LogP contribution in [-0.2, 0) is 14.1 Å². The van der Waals surface area contributed by atoms with Gasteiger partial charge in [-0.3, -0.25) is 9.36 Å². The lowest BCUT2D eigenvalue weighted by Gasteiger charge is -2.16. The van der Waals surface area contributed by atoms with Crippen molar-refractivity contribution < 1.29 is 4.74 Å². The van der Waals surface area contributed by atoms with Gasteiger partial charge in [0, 0.05) is 50.6 Å². The number of aryl methyl sites for hydroxylation is 2. The maximum atomic E-state index is 6.15. The Labute approximate surface area is 189 Å². The number of hydrogen-bond acceptors (Lipinski definition) is 8. The lowest BCUT2D eigenvalue weighted by atomic mass is 10.2. The predicted molar refractivity (Wildman–Crippen MR) is 122 cm³/mol. The highest BCUT2D eigenvalue weighted by atomic mass is 16.5. The molecule has 11 heteroatoms. The number of nitrogens with one attached hydrogen (secondary N) is 1. The van der Waals surface area contributed by atoms with Crippen molar-refractivity contribution in [2.24, 2.45) is 14.1 Å². The molecule has 1 aliphatic rings. The van der Waals surface area contributed by atoms with Gasteiger partial charge in [-0.15, -0.1) is 0 Å². The third-order valence-electron chi connectivity index (χ3n) is 5.78. The molecule has 1 unspecified atom stereocenters. The van der Waals surface area contributed by atoms with Gasteiger partial charge in [-0.25, -0.2) is 19.6 Å². The third kappa shape index (κ3) is 3.28. The minimum atomic E-state index is 0.0777. The molecule has 1 N–H and O–H groups in total. The summed E-state index contributed by atoms with van der Waals surface area (Å²) in [6.07, 6.45) is 7.92. The van der Waals surface area contributed by atoms with Crippen LogP contribution in [0.1, 0.15) is 19.4 Å². The molecular weight excluding hydrogens is 420 g/mol. The Balaban J connectivity index is 1.51. The summed E-state index contributed by atoms with van der Waals surface area (Å²) in [6, 6.07) is 5.84. The number of ether oxygens (including phenoxy) is 1. The number of rotatable bonds is 1. The SMILES string of the molecule is CC1CCOc2c(cnn2C)-c2nccc(n2)Nc2cc3c(cn2)c(-c2ccn(C)n2)nn31. The van der Waals surface area contributed by atoms with E-state index in [0.717, 1.165) is 34.3 Å². The summed E-state index contributed by atoms with van der Waals surface area (Å²) < 4.78 is 11.6. The van der Waals surface area contributed by atoms with E-state index >= 15 is 0 Å². The smallest absolute Gasteiger partial charge is 0.222 e. The van der Waals surface area contributed by atoms with Gasteiger partial charge in [0.15, 0.2) is 5.82 Å². The number of nitrogens with zero attached hydrogens (tertiary/aromatic N) is 9. The summed E-state index contributed by atoms with van der Waals surface area (Å²) in [5, 5.41) is 18.1. The number of fused-ring (bicyclic) bond motifs is 5. The molecule has 0 aromatic carbocycles. The Bertz CT molecular complexity index is 1480. The highest BCUT2D eigenvalue weighted by molar-refractivity contribution is 5.93. The van der Waals surface area contributed by atoms with Crippen LogP contribution >= 0.6 is 0 Å². The van der Waals surface area contributed by atoms with Crippen molar-refractivity contribution in [3.8, 4) is 28.7 Å².